The summed E-state index contributed by atoms with van der Waals surface area (Å²) in [6.07, 6.45) is 5.77. The van der Waals surface area contributed by atoms with E-state index in [1.165, 1.54) is 24.8 Å². The van der Waals surface area contributed by atoms with E-state index in [2.05, 4.69) is 13.0 Å². The summed E-state index contributed by atoms with van der Waals surface area (Å²) in [4.78, 5) is 12.0. The SMILES string of the molecule is Cc1cccc(OCC(=O)C2CCCCC2)c1C. The molecule has 0 bridgehead atoms. The Kier molecular flexibility index (Phi) is 4.40. The maximum absolute atomic E-state index is 12.0. The molecule has 0 unspecified atom stereocenters. The Morgan fingerprint density at radius 2 is 1.94 bits per heavy atom. The second kappa shape index (κ2) is 6.03. The number of ether oxygens (including phenoxy) is 1. The number of Topliss-reactive ketones (excluding diaryl/α,β-unsaturated/α-hetero) is 1. The van der Waals surface area contributed by atoms with Gasteiger partial charge in [-0.25, -0.2) is 0 Å². The van der Waals surface area contributed by atoms with Crippen molar-refractivity contribution in [2.75, 3.05) is 6.61 Å². The summed E-state index contributed by atoms with van der Waals surface area (Å²) in [5.74, 6) is 1.36. The van der Waals surface area contributed by atoms with Crippen LogP contribution in [0.1, 0.15) is 43.2 Å². The van der Waals surface area contributed by atoms with Gasteiger partial charge in [0.05, 0.1) is 0 Å². The van der Waals surface area contributed by atoms with Crippen LogP contribution in [0.4, 0.5) is 0 Å². The Morgan fingerprint density at radius 1 is 1.22 bits per heavy atom. The largest absolute Gasteiger partial charge is 0.486 e. The molecular weight excluding hydrogens is 224 g/mol. The van der Waals surface area contributed by atoms with Gasteiger partial charge in [0.25, 0.3) is 0 Å². The van der Waals surface area contributed by atoms with Crippen molar-refractivity contribution < 1.29 is 9.53 Å². The van der Waals surface area contributed by atoms with Crippen molar-refractivity contribution in [3.63, 3.8) is 0 Å². The van der Waals surface area contributed by atoms with Gasteiger partial charge in [-0.1, -0.05) is 31.4 Å². The van der Waals surface area contributed by atoms with Crippen LogP contribution >= 0.6 is 0 Å². The highest BCUT2D eigenvalue weighted by Crippen LogP contribution is 2.25. The zero-order valence-electron chi connectivity index (χ0n) is 11.4. The van der Waals surface area contributed by atoms with E-state index in [4.69, 9.17) is 4.74 Å². The van der Waals surface area contributed by atoms with Gasteiger partial charge in [0.15, 0.2) is 5.78 Å². The summed E-state index contributed by atoms with van der Waals surface area (Å²) in [6, 6.07) is 5.98. The second-order valence-corrected chi connectivity index (χ2v) is 5.29. The average Bonchev–Trinajstić information content (AvgIpc) is 2.41. The molecule has 0 atom stereocenters. The summed E-state index contributed by atoms with van der Waals surface area (Å²) < 4.78 is 5.68. The van der Waals surface area contributed by atoms with E-state index in [0.29, 0.717) is 0 Å². The van der Waals surface area contributed by atoms with Crippen molar-refractivity contribution in [1.82, 2.24) is 0 Å². The molecule has 1 aliphatic rings. The molecule has 1 fully saturated rings. The summed E-state index contributed by atoms with van der Waals surface area (Å²) in [5.41, 5.74) is 2.34. The highest BCUT2D eigenvalue weighted by Gasteiger charge is 2.21. The first kappa shape index (κ1) is 13.1. The molecule has 1 saturated carbocycles. The van der Waals surface area contributed by atoms with Crippen molar-refractivity contribution in [1.29, 1.82) is 0 Å². The third-order valence-corrected chi connectivity index (χ3v) is 3.99. The van der Waals surface area contributed by atoms with Crippen LogP contribution in [0.15, 0.2) is 18.2 Å². The molecule has 0 N–H and O–H groups in total. The molecule has 2 nitrogen and oxygen atoms in total. The van der Waals surface area contributed by atoms with E-state index in [-0.39, 0.29) is 18.3 Å². The highest BCUT2D eigenvalue weighted by atomic mass is 16.5. The minimum absolute atomic E-state index is 0.231. The number of benzene rings is 1. The summed E-state index contributed by atoms with van der Waals surface area (Å²) in [5, 5.41) is 0. The first-order chi connectivity index (χ1) is 8.68. The number of hydrogen-bond donors (Lipinski definition) is 0. The molecule has 98 valence electrons. The molecule has 1 aromatic carbocycles. The Labute approximate surface area is 109 Å². The molecule has 0 aliphatic heterocycles. The van der Waals surface area contributed by atoms with Gasteiger partial charge in [0, 0.05) is 5.92 Å². The molecule has 0 radical (unpaired) electrons. The quantitative estimate of drug-likeness (QED) is 0.807. The zero-order chi connectivity index (χ0) is 13.0. The number of carbonyl (C=O) groups excluding carboxylic acids is 1. The van der Waals surface area contributed by atoms with Gasteiger partial charge in [-0.05, 0) is 43.9 Å². The number of aryl methyl sites for hydroxylation is 1. The van der Waals surface area contributed by atoms with Crippen LogP contribution in [-0.4, -0.2) is 12.4 Å². The maximum Gasteiger partial charge on any atom is 0.173 e. The summed E-state index contributed by atoms with van der Waals surface area (Å²) in [7, 11) is 0. The van der Waals surface area contributed by atoms with E-state index >= 15 is 0 Å². The lowest BCUT2D eigenvalue weighted by molar-refractivity contribution is -0.125. The van der Waals surface area contributed by atoms with E-state index in [0.717, 1.165) is 24.2 Å². The Hall–Kier alpha value is -1.31. The summed E-state index contributed by atoms with van der Waals surface area (Å²) in [6.45, 7) is 4.33. The van der Waals surface area contributed by atoms with E-state index in [1.807, 2.05) is 19.1 Å². The third-order valence-electron chi connectivity index (χ3n) is 3.99. The van der Waals surface area contributed by atoms with Crippen molar-refractivity contribution in [3.05, 3.63) is 29.3 Å². The van der Waals surface area contributed by atoms with Crippen molar-refractivity contribution in [2.45, 2.75) is 46.0 Å². The van der Waals surface area contributed by atoms with E-state index < -0.39 is 0 Å². The first-order valence-electron chi connectivity index (χ1n) is 6.90. The van der Waals surface area contributed by atoms with Crippen LogP contribution in [0.2, 0.25) is 0 Å². The topological polar surface area (TPSA) is 26.3 Å². The highest BCUT2D eigenvalue weighted by molar-refractivity contribution is 5.82. The number of hydrogen-bond acceptors (Lipinski definition) is 2. The minimum Gasteiger partial charge on any atom is -0.486 e. The van der Waals surface area contributed by atoms with Crippen LogP contribution in [-0.2, 0) is 4.79 Å². The van der Waals surface area contributed by atoms with Gasteiger partial charge < -0.3 is 4.74 Å². The fourth-order valence-corrected chi connectivity index (χ4v) is 2.57. The number of rotatable bonds is 4. The van der Waals surface area contributed by atoms with Gasteiger partial charge in [0.2, 0.25) is 0 Å². The Bertz CT molecular complexity index is 417. The molecule has 0 amide bonds. The van der Waals surface area contributed by atoms with Crippen molar-refractivity contribution in [3.8, 4) is 5.75 Å². The van der Waals surface area contributed by atoms with Crippen molar-refractivity contribution >= 4 is 5.78 Å². The molecule has 2 heteroatoms. The molecule has 1 aliphatic carbocycles. The molecule has 18 heavy (non-hydrogen) atoms. The molecule has 0 saturated heterocycles. The standard InChI is InChI=1S/C16H22O2/c1-12-7-6-10-16(13(12)2)18-11-15(17)14-8-4-3-5-9-14/h6-7,10,14H,3-5,8-9,11H2,1-2H3. The lowest BCUT2D eigenvalue weighted by Crippen LogP contribution is -2.23. The minimum atomic E-state index is 0.231. The molecule has 0 spiro atoms. The molecule has 1 aromatic rings. The van der Waals surface area contributed by atoms with Gasteiger partial charge in [-0.15, -0.1) is 0 Å². The maximum atomic E-state index is 12.0. The fraction of sp³-hybridized carbons (Fsp3) is 0.562. The van der Waals surface area contributed by atoms with Crippen LogP contribution in [0.5, 0.6) is 5.75 Å². The normalized spacial score (nSPS) is 16.6. The second-order valence-electron chi connectivity index (χ2n) is 5.29. The molecule has 2 rings (SSSR count). The first-order valence-corrected chi connectivity index (χ1v) is 6.90. The zero-order valence-corrected chi connectivity index (χ0v) is 11.4. The predicted octanol–water partition coefficient (Wildman–Crippen LogP) is 3.83. The van der Waals surface area contributed by atoms with Gasteiger partial charge in [0.1, 0.15) is 12.4 Å². The fourth-order valence-electron chi connectivity index (χ4n) is 2.57. The summed E-state index contributed by atoms with van der Waals surface area (Å²) >= 11 is 0. The monoisotopic (exact) mass is 246 g/mol. The van der Waals surface area contributed by atoms with E-state index in [1.54, 1.807) is 0 Å². The van der Waals surface area contributed by atoms with Crippen LogP contribution in [0.25, 0.3) is 0 Å². The van der Waals surface area contributed by atoms with Crippen LogP contribution in [0.3, 0.4) is 0 Å². The van der Waals surface area contributed by atoms with Gasteiger partial charge in [-0.3, -0.25) is 4.79 Å². The third kappa shape index (κ3) is 3.12. The molecule has 0 aromatic heterocycles. The Morgan fingerprint density at radius 3 is 2.67 bits per heavy atom. The van der Waals surface area contributed by atoms with Gasteiger partial charge in [-0.2, -0.15) is 0 Å². The smallest absolute Gasteiger partial charge is 0.173 e. The van der Waals surface area contributed by atoms with Crippen LogP contribution in [0, 0.1) is 19.8 Å². The molecule has 0 heterocycles. The van der Waals surface area contributed by atoms with Crippen molar-refractivity contribution in [2.24, 2.45) is 5.92 Å². The molecular formula is C16H22O2. The lowest BCUT2D eigenvalue weighted by atomic mass is 9.86. The Balaban J connectivity index is 1.90. The van der Waals surface area contributed by atoms with E-state index in [9.17, 15) is 4.79 Å². The van der Waals surface area contributed by atoms with Crippen LogP contribution < -0.4 is 4.74 Å². The predicted molar refractivity (Wildman–Crippen MR) is 73.0 cm³/mol. The average molecular weight is 246 g/mol. The van der Waals surface area contributed by atoms with Gasteiger partial charge >= 0.3 is 0 Å². The number of carbonyl (C=O) groups is 1. The lowest BCUT2D eigenvalue weighted by Gasteiger charge is -2.20. The number of ketones is 1.